The molecular weight excluding hydrogens is 268 g/mol. The molecule has 0 unspecified atom stereocenters. The first kappa shape index (κ1) is 16.2. The van der Waals surface area contributed by atoms with Gasteiger partial charge in [0.2, 0.25) is 11.8 Å². The number of hydrogen-bond donors (Lipinski definition) is 2. The quantitative estimate of drug-likeness (QED) is 0.744. The van der Waals surface area contributed by atoms with Crippen molar-refractivity contribution in [2.45, 2.75) is 44.6 Å². The second kappa shape index (κ2) is 8.34. The number of rotatable bonds is 5. The van der Waals surface area contributed by atoms with Crippen LogP contribution in [0.2, 0.25) is 0 Å². The Bertz CT molecular complexity index is 348. The van der Waals surface area contributed by atoms with Crippen molar-refractivity contribution >= 4 is 11.8 Å². The van der Waals surface area contributed by atoms with Crippen molar-refractivity contribution in [1.29, 1.82) is 0 Å². The zero-order valence-electron chi connectivity index (χ0n) is 12.9. The molecule has 0 aliphatic carbocycles. The number of hydrogen-bond acceptors (Lipinski definition) is 4. The molecule has 2 fully saturated rings. The number of likely N-dealkylation sites (tertiary alicyclic amines) is 2. The van der Waals surface area contributed by atoms with Gasteiger partial charge >= 0.3 is 0 Å². The molecule has 2 aliphatic rings. The maximum Gasteiger partial charge on any atom is 0.234 e. The topological polar surface area (TPSA) is 78.7 Å². The van der Waals surface area contributed by atoms with Gasteiger partial charge in [-0.25, -0.2) is 0 Å². The first-order valence-electron chi connectivity index (χ1n) is 8.17. The van der Waals surface area contributed by atoms with E-state index >= 15 is 0 Å². The van der Waals surface area contributed by atoms with Gasteiger partial charge in [0.1, 0.15) is 0 Å². The van der Waals surface area contributed by atoms with Gasteiger partial charge in [-0.15, -0.1) is 0 Å². The van der Waals surface area contributed by atoms with Crippen LogP contribution >= 0.6 is 0 Å². The minimum atomic E-state index is 0.0110. The van der Waals surface area contributed by atoms with E-state index in [1.165, 1.54) is 6.42 Å². The molecule has 3 N–H and O–H groups in total. The van der Waals surface area contributed by atoms with E-state index in [4.69, 9.17) is 5.73 Å². The summed E-state index contributed by atoms with van der Waals surface area (Å²) in [6.45, 7) is 4.40. The molecule has 2 amide bonds. The lowest BCUT2D eigenvalue weighted by molar-refractivity contribution is -0.132. The van der Waals surface area contributed by atoms with Gasteiger partial charge in [-0.05, 0) is 32.1 Å². The second-order valence-corrected chi connectivity index (χ2v) is 6.15. The molecule has 6 heteroatoms. The lowest BCUT2D eigenvalue weighted by atomic mass is 10.1. The van der Waals surface area contributed by atoms with Crippen molar-refractivity contribution < 1.29 is 9.59 Å². The van der Waals surface area contributed by atoms with Gasteiger partial charge < -0.3 is 16.0 Å². The number of piperidine rings is 2. The first-order valence-corrected chi connectivity index (χ1v) is 8.17. The van der Waals surface area contributed by atoms with Crippen LogP contribution in [-0.4, -0.2) is 66.9 Å². The summed E-state index contributed by atoms with van der Waals surface area (Å²) in [6, 6.07) is 0.284. The molecule has 2 aliphatic heterocycles. The highest BCUT2D eigenvalue weighted by molar-refractivity contribution is 5.80. The van der Waals surface area contributed by atoms with Gasteiger partial charge in [0.05, 0.1) is 6.54 Å². The number of carbonyl (C=O) groups excluding carboxylic acids is 2. The highest BCUT2D eigenvalue weighted by atomic mass is 16.2. The zero-order valence-corrected chi connectivity index (χ0v) is 12.9. The zero-order chi connectivity index (χ0) is 15.1. The van der Waals surface area contributed by atoms with Crippen molar-refractivity contribution in [1.82, 2.24) is 15.1 Å². The average molecular weight is 296 g/mol. The SMILES string of the molecule is NC1CCN(CC(=O)NCCC(=O)N2CCCCC2)CC1. The van der Waals surface area contributed by atoms with Crippen molar-refractivity contribution in [2.75, 3.05) is 39.3 Å². The van der Waals surface area contributed by atoms with Gasteiger partial charge in [0.25, 0.3) is 0 Å². The van der Waals surface area contributed by atoms with Crippen molar-refractivity contribution in [2.24, 2.45) is 5.73 Å². The van der Waals surface area contributed by atoms with E-state index < -0.39 is 0 Å². The summed E-state index contributed by atoms with van der Waals surface area (Å²) in [7, 11) is 0. The van der Waals surface area contributed by atoms with E-state index in [9.17, 15) is 9.59 Å². The fourth-order valence-corrected chi connectivity index (χ4v) is 2.98. The number of nitrogens with zero attached hydrogens (tertiary/aromatic N) is 2. The Hall–Kier alpha value is -1.14. The summed E-state index contributed by atoms with van der Waals surface area (Å²) >= 11 is 0. The van der Waals surface area contributed by atoms with Crippen molar-refractivity contribution in [3.8, 4) is 0 Å². The molecule has 0 aromatic heterocycles. The molecule has 0 bridgehead atoms. The van der Waals surface area contributed by atoms with E-state index in [1.807, 2.05) is 4.90 Å². The summed E-state index contributed by atoms with van der Waals surface area (Å²) in [6.07, 6.45) is 5.77. The van der Waals surface area contributed by atoms with E-state index in [2.05, 4.69) is 10.2 Å². The molecule has 6 nitrogen and oxygen atoms in total. The third-order valence-electron chi connectivity index (χ3n) is 4.37. The van der Waals surface area contributed by atoms with Crippen LogP contribution in [0.4, 0.5) is 0 Å². The Morgan fingerprint density at radius 2 is 1.71 bits per heavy atom. The van der Waals surface area contributed by atoms with Crippen LogP contribution in [0.3, 0.4) is 0 Å². The molecule has 0 atom stereocenters. The third kappa shape index (κ3) is 5.63. The predicted molar refractivity (Wildman–Crippen MR) is 81.7 cm³/mol. The Morgan fingerprint density at radius 3 is 2.38 bits per heavy atom. The van der Waals surface area contributed by atoms with Crippen LogP contribution in [0.1, 0.15) is 38.5 Å². The molecule has 120 valence electrons. The lowest BCUT2D eigenvalue weighted by Crippen LogP contribution is -2.45. The van der Waals surface area contributed by atoms with E-state index in [-0.39, 0.29) is 17.9 Å². The molecule has 0 aromatic rings. The molecule has 0 saturated carbocycles. The summed E-state index contributed by atoms with van der Waals surface area (Å²) in [5, 5.41) is 2.85. The normalized spacial score (nSPS) is 21.3. The number of amides is 2. The number of nitrogens with one attached hydrogen (secondary N) is 1. The summed E-state index contributed by atoms with van der Waals surface area (Å²) in [5.41, 5.74) is 5.84. The predicted octanol–water partition coefficient (Wildman–Crippen LogP) is -0.0717. The lowest BCUT2D eigenvalue weighted by Gasteiger charge is -2.29. The van der Waals surface area contributed by atoms with E-state index in [0.717, 1.165) is 51.9 Å². The van der Waals surface area contributed by atoms with Crippen LogP contribution in [-0.2, 0) is 9.59 Å². The molecular formula is C15H28N4O2. The van der Waals surface area contributed by atoms with Crippen molar-refractivity contribution in [3.05, 3.63) is 0 Å². The first-order chi connectivity index (χ1) is 10.1. The van der Waals surface area contributed by atoms with Gasteiger partial charge in [-0.3, -0.25) is 14.5 Å². The van der Waals surface area contributed by atoms with Crippen molar-refractivity contribution in [3.63, 3.8) is 0 Å². The van der Waals surface area contributed by atoms with Crippen LogP contribution in [0.5, 0.6) is 0 Å². The van der Waals surface area contributed by atoms with Crippen LogP contribution in [0, 0.1) is 0 Å². The number of carbonyl (C=O) groups is 2. The molecule has 2 saturated heterocycles. The Kier molecular flexibility index (Phi) is 6.45. The summed E-state index contributed by atoms with van der Waals surface area (Å²) in [4.78, 5) is 27.8. The smallest absolute Gasteiger partial charge is 0.234 e. The third-order valence-corrected chi connectivity index (χ3v) is 4.37. The monoisotopic (exact) mass is 296 g/mol. The molecule has 2 rings (SSSR count). The van der Waals surface area contributed by atoms with Gasteiger partial charge in [0, 0.05) is 45.2 Å². The highest BCUT2D eigenvalue weighted by Crippen LogP contribution is 2.09. The maximum atomic E-state index is 12.0. The van der Waals surface area contributed by atoms with Crippen LogP contribution in [0.15, 0.2) is 0 Å². The van der Waals surface area contributed by atoms with Crippen LogP contribution < -0.4 is 11.1 Å². The fourth-order valence-electron chi connectivity index (χ4n) is 2.98. The van der Waals surface area contributed by atoms with E-state index in [1.54, 1.807) is 0 Å². The fraction of sp³-hybridized carbons (Fsp3) is 0.867. The summed E-state index contributed by atoms with van der Waals surface area (Å²) < 4.78 is 0. The minimum absolute atomic E-state index is 0.0110. The molecule has 2 heterocycles. The number of nitrogens with two attached hydrogens (primary N) is 1. The second-order valence-electron chi connectivity index (χ2n) is 6.15. The van der Waals surface area contributed by atoms with Gasteiger partial charge in [0.15, 0.2) is 0 Å². The average Bonchev–Trinajstić information content (AvgIpc) is 2.50. The van der Waals surface area contributed by atoms with Gasteiger partial charge in [-0.1, -0.05) is 0 Å². The Morgan fingerprint density at radius 1 is 1.05 bits per heavy atom. The van der Waals surface area contributed by atoms with E-state index in [0.29, 0.717) is 19.5 Å². The molecule has 0 radical (unpaired) electrons. The Labute approximate surface area is 127 Å². The maximum absolute atomic E-state index is 12.0. The summed E-state index contributed by atoms with van der Waals surface area (Å²) in [5.74, 6) is 0.177. The molecule has 21 heavy (non-hydrogen) atoms. The standard InChI is InChI=1S/C15H28N4O2/c16-13-5-10-18(11-6-13)12-14(20)17-7-4-15(21)19-8-2-1-3-9-19/h13H,1-12,16H2,(H,17,20). The highest BCUT2D eigenvalue weighted by Gasteiger charge is 2.19. The molecule has 0 aromatic carbocycles. The van der Waals surface area contributed by atoms with Crippen LogP contribution in [0.25, 0.3) is 0 Å². The Balaban J connectivity index is 1.57. The largest absolute Gasteiger partial charge is 0.354 e. The van der Waals surface area contributed by atoms with Gasteiger partial charge in [-0.2, -0.15) is 0 Å². The minimum Gasteiger partial charge on any atom is -0.354 e. The molecule has 0 spiro atoms.